The Balaban J connectivity index is 1.83. The first-order valence-electron chi connectivity index (χ1n) is 5.52. The highest BCUT2D eigenvalue weighted by molar-refractivity contribution is 7.09. The molecule has 0 aliphatic rings. The number of carbonyl (C=O) groups is 1. The van der Waals surface area contributed by atoms with Crippen molar-refractivity contribution in [2.75, 3.05) is 0 Å². The summed E-state index contributed by atoms with van der Waals surface area (Å²) in [6.07, 6.45) is 1.75. The molecule has 0 saturated carbocycles. The second kappa shape index (κ2) is 5.73. The van der Waals surface area contributed by atoms with Gasteiger partial charge in [-0.15, -0.1) is 11.3 Å². The van der Waals surface area contributed by atoms with Gasteiger partial charge < -0.3 is 0 Å². The van der Waals surface area contributed by atoms with Gasteiger partial charge in [0.25, 0.3) is 0 Å². The van der Waals surface area contributed by atoms with Crippen LogP contribution in [0.4, 0.5) is 4.39 Å². The Hall–Kier alpha value is -1.48. The molecule has 0 saturated heterocycles. The minimum absolute atomic E-state index is 0.199. The fraction of sp³-hybridized carbons (Fsp3) is 0.214. The average molecular weight is 248 g/mol. The van der Waals surface area contributed by atoms with Crippen molar-refractivity contribution in [1.29, 1.82) is 0 Å². The Morgan fingerprint density at radius 1 is 1.18 bits per heavy atom. The van der Waals surface area contributed by atoms with Gasteiger partial charge in [-0.1, -0.05) is 18.2 Å². The van der Waals surface area contributed by atoms with E-state index in [2.05, 4.69) is 0 Å². The zero-order valence-electron chi connectivity index (χ0n) is 9.36. The highest BCUT2D eigenvalue weighted by Gasteiger charge is 2.05. The monoisotopic (exact) mass is 248 g/mol. The van der Waals surface area contributed by atoms with Crippen LogP contribution in [0.25, 0.3) is 0 Å². The van der Waals surface area contributed by atoms with Crippen LogP contribution in [0, 0.1) is 5.82 Å². The van der Waals surface area contributed by atoms with Crippen LogP contribution in [-0.2, 0) is 17.6 Å². The lowest BCUT2D eigenvalue weighted by molar-refractivity contribution is -0.118. The van der Waals surface area contributed by atoms with Crippen molar-refractivity contribution in [3.05, 3.63) is 58.0 Å². The highest BCUT2D eigenvalue weighted by atomic mass is 32.1. The maximum absolute atomic E-state index is 12.7. The van der Waals surface area contributed by atoms with Gasteiger partial charge >= 0.3 is 0 Å². The number of carbonyl (C=O) groups excluding carboxylic acids is 1. The first kappa shape index (κ1) is 12.0. The number of benzene rings is 1. The van der Waals surface area contributed by atoms with Crippen LogP contribution in [0.2, 0.25) is 0 Å². The molecule has 88 valence electrons. The molecule has 17 heavy (non-hydrogen) atoms. The molecule has 1 aromatic carbocycles. The van der Waals surface area contributed by atoms with Gasteiger partial charge in [-0.3, -0.25) is 4.79 Å². The van der Waals surface area contributed by atoms with E-state index < -0.39 is 0 Å². The number of halogens is 1. The van der Waals surface area contributed by atoms with Crippen LogP contribution in [0.3, 0.4) is 0 Å². The fourth-order valence-electron chi connectivity index (χ4n) is 1.64. The third-order valence-corrected chi connectivity index (χ3v) is 3.48. The van der Waals surface area contributed by atoms with Gasteiger partial charge in [0.2, 0.25) is 0 Å². The summed E-state index contributed by atoms with van der Waals surface area (Å²) in [6.45, 7) is 0. The topological polar surface area (TPSA) is 17.1 Å². The molecule has 2 rings (SSSR count). The van der Waals surface area contributed by atoms with E-state index in [9.17, 15) is 9.18 Å². The van der Waals surface area contributed by atoms with Crippen LogP contribution >= 0.6 is 11.3 Å². The van der Waals surface area contributed by atoms with Crippen molar-refractivity contribution in [3.63, 3.8) is 0 Å². The summed E-state index contributed by atoms with van der Waals surface area (Å²) in [5.74, 6) is -0.0650. The Morgan fingerprint density at radius 3 is 2.59 bits per heavy atom. The lowest BCUT2D eigenvalue weighted by Gasteiger charge is -2.00. The van der Waals surface area contributed by atoms with Crippen LogP contribution in [0.1, 0.15) is 16.9 Å². The summed E-state index contributed by atoms with van der Waals surface area (Å²) >= 11 is 1.67. The summed E-state index contributed by atoms with van der Waals surface area (Å²) in [4.78, 5) is 12.9. The maximum atomic E-state index is 12.7. The molecule has 0 fully saturated rings. The minimum atomic E-state index is -0.264. The standard InChI is InChI=1S/C14H13FOS/c15-12-5-3-11(4-6-12)10-13(16)7-8-14-2-1-9-17-14/h1-6,9H,7-8,10H2. The molecule has 0 N–H and O–H groups in total. The molecular weight excluding hydrogens is 235 g/mol. The smallest absolute Gasteiger partial charge is 0.137 e. The molecule has 0 radical (unpaired) electrons. The Kier molecular flexibility index (Phi) is 4.04. The number of hydrogen-bond donors (Lipinski definition) is 0. The van der Waals surface area contributed by atoms with Gasteiger partial charge in [-0.25, -0.2) is 4.39 Å². The zero-order valence-corrected chi connectivity index (χ0v) is 10.2. The van der Waals surface area contributed by atoms with Crippen LogP contribution in [-0.4, -0.2) is 5.78 Å². The van der Waals surface area contributed by atoms with Crippen molar-refractivity contribution < 1.29 is 9.18 Å². The molecule has 0 amide bonds. The maximum Gasteiger partial charge on any atom is 0.137 e. The number of rotatable bonds is 5. The fourth-order valence-corrected chi connectivity index (χ4v) is 2.34. The summed E-state index contributed by atoms with van der Waals surface area (Å²) in [5.41, 5.74) is 0.877. The predicted octanol–water partition coefficient (Wildman–Crippen LogP) is 3.63. The minimum Gasteiger partial charge on any atom is -0.299 e. The van der Waals surface area contributed by atoms with E-state index >= 15 is 0 Å². The Morgan fingerprint density at radius 2 is 1.94 bits per heavy atom. The van der Waals surface area contributed by atoms with Crippen LogP contribution < -0.4 is 0 Å². The molecule has 1 nitrogen and oxygen atoms in total. The predicted molar refractivity (Wildman–Crippen MR) is 67.8 cm³/mol. The molecular formula is C14H13FOS. The summed E-state index contributed by atoms with van der Waals surface area (Å²) in [5, 5.41) is 2.01. The Labute approximate surface area is 104 Å². The lowest BCUT2D eigenvalue weighted by Crippen LogP contribution is -2.03. The van der Waals surface area contributed by atoms with Crippen molar-refractivity contribution in [2.45, 2.75) is 19.3 Å². The lowest BCUT2D eigenvalue weighted by atomic mass is 10.1. The average Bonchev–Trinajstić information content (AvgIpc) is 2.83. The molecule has 1 heterocycles. The van der Waals surface area contributed by atoms with Crippen molar-refractivity contribution in [1.82, 2.24) is 0 Å². The number of aryl methyl sites for hydroxylation is 1. The number of hydrogen-bond acceptors (Lipinski definition) is 2. The molecule has 0 bridgehead atoms. The van der Waals surface area contributed by atoms with Gasteiger partial charge in [-0.05, 0) is 35.6 Å². The molecule has 0 aliphatic carbocycles. The molecule has 2 aromatic rings. The molecule has 3 heteroatoms. The summed E-state index contributed by atoms with van der Waals surface area (Å²) in [6, 6.07) is 10.1. The molecule has 0 atom stereocenters. The van der Waals surface area contributed by atoms with Crippen LogP contribution in [0.15, 0.2) is 41.8 Å². The number of ketones is 1. The zero-order chi connectivity index (χ0) is 12.1. The number of thiophene rings is 1. The molecule has 1 aromatic heterocycles. The van der Waals surface area contributed by atoms with Gasteiger partial charge in [0.1, 0.15) is 11.6 Å². The van der Waals surface area contributed by atoms with Crippen LogP contribution in [0.5, 0.6) is 0 Å². The van der Waals surface area contributed by atoms with E-state index in [1.165, 1.54) is 17.0 Å². The van der Waals surface area contributed by atoms with E-state index in [1.807, 2.05) is 17.5 Å². The second-order valence-corrected chi connectivity index (χ2v) is 4.95. The first-order valence-corrected chi connectivity index (χ1v) is 6.40. The normalized spacial score (nSPS) is 10.4. The van der Waals surface area contributed by atoms with Crippen molar-refractivity contribution in [3.8, 4) is 0 Å². The van der Waals surface area contributed by atoms with E-state index in [4.69, 9.17) is 0 Å². The Bertz CT molecular complexity index is 473. The number of Topliss-reactive ketones (excluding diaryl/α,β-unsaturated/α-hetero) is 1. The van der Waals surface area contributed by atoms with E-state index in [-0.39, 0.29) is 11.6 Å². The molecule has 0 aliphatic heterocycles. The molecule has 0 spiro atoms. The van der Waals surface area contributed by atoms with E-state index in [1.54, 1.807) is 23.5 Å². The van der Waals surface area contributed by atoms with Gasteiger partial charge in [0.05, 0.1) is 0 Å². The van der Waals surface area contributed by atoms with E-state index in [0.717, 1.165) is 12.0 Å². The highest BCUT2D eigenvalue weighted by Crippen LogP contribution is 2.12. The second-order valence-electron chi connectivity index (χ2n) is 3.92. The van der Waals surface area contributed by atoms with Gasteiger partial charge in [0, 0.05) is 17.7 Å². The van der Waals surface area contributed by atoms with Crippen molar-refractivity contribution >= 4 is 17.1 Å². The third kappa shape index (κ3) is 3.79. The summed E-state index contributed by atoms with van der Waals surface area (Å²) in [7, 11) is 0. The quantitative estimate of drug-likeness (QED) is 0.789. The summed E-state index contributed by atoms with van der Waals surface area (Å²) < 4.78 is 12.7. The van der Waals surface area contributed by atoms with Gasteiger partial charge in [-0.2, -0.15) is 0 Å². The van der Waals surface area contributed by atoms with Gasteiger partial charge in [0.15, 0.2) is 0 Å². The molecule has 0 unspecified atom stereocenters. The van der Waals surface area contributed by atoms with Crippen molar-refractivity contribution in [2.24, 2.45) is 0 Å². The largest absolute Gasteiger partial charge is 0.299 e. The first-order chi connectivity index (χ1) is 8.24. The van der Waals surface area contributed by atoms with E-state index in [0.29, 0.717) is 12.8 Å². The SMILES string of the molecule is O=C(CCc1cccs1)Cc1ccc(F)cc1. The third-order valence-electron chi connectivity index (χ3n) is 2.54.